The maximum Gasteiger partial charge on any atom is 0.261 e. The Bertz CT molecular complexity index is 1590. The van der Waals surface area contributed by atoms with E-state index in [0.29, 0.717) is 45.1 Å². The second-order valence-electron chi connectivity index (χ2n) is 8.93. The number of thiol groups is 1. The highest BCUT2D eigenvalue weighted by Gasteiger charge is 2.37. The van der Waals surface area contributed by atoms with Crippen LogP contribution in [0.15, 0.2) is 41.7 Å². The highest BCUT2D eigenvalue weighted by atomic mass is 32.1. The second kappa shape index (κ2) is 8.38. The molecule has 0 aliphatic heterocycles. The molecule has 5 rings (SSSR count). The monoisotopic (exact) mass is 490 g/mol. The molecule has 0 aliphatic rings. The molecule has 3 N–H and O–H groups in total. The molecule has 0 saturated carbocycles. The van der Waals surface area contributed by atoms with Crippen molar-refractivity contribution >= 4 is 46.2 Å². The quantitative estimate of drug-likeness (QED) is 0.211. The topological polar surface area (TPSA) is 133 Å². The maximum atomic E-state index is 13.4. The Balaban J connectivity index is 1.76. The molecule has 12 heteroatoms. The Morgan fingerprint density at radius 1 is 1.14 bits per heavy atom. The summed E-state index contributed by atoms with van der Waals surface area (Å²) in [6.45, 7) is 4.01. The predicted molar refractivity (Wildman–Crippen MR) is 140 cm³/mol. The number of aromatic nitrogens is 8. The van der Waals surface area contributed by atoms with E-state index in [1.807, 2.05) is 38.9 Å². The van der Waals surface area contributed by atoms with Crippen molar-refractivity contribution in [1.82, 2.24) is 39.7 Å². The molecular weight excluding hydrogens is 464 g/mol. The average molecular weight is 491 g/mol. The van der Waals surface area contributed by atoms with Crippen molar-refractivity contribution < 1.29 is 0 Å². The first kappa shape index (κ1) is 22.8. The molecule has 0 amide bonds. The molecule has 0 unspecified atom stereocenters. The number of aryl methyl sites for hydroxylation is 1. The summed E-state index contributed by atoms with van der Waals surface area (Å²) < 4.78 is 1.65. The number of H-pyrrole nitrogens is 2. The summed E-state index contributed by atoms with van der Waals surface area (Å²) >= 11 is 5.00. The largest absolute Gasteiger partial charge is 0.376 e. The minimum absolute atomic E-state index is 0.0564. The third-order valence-corrected chi connectivity index (χ3v) is 6.75. The van der Waals surface area contributed by atoms with E-state index in [1.54, 1.807) is 42.6 Å². The van der Waals surface area contributed by atoms with Crippen molar-refractivity contribution in [1.29, 1.82) is 0 Å². The number of hydrogen-bond acceptors (Lipinski definition) is 9. The number of hydrogen-bond donors (Lipinski definition) is 4. The Labute approximate surface area is 206 Å². The number of pyridine rings is 2. The molecule has 5 aromatic heterocycles. The van der Waals surface area contributed by atoms with Crippen LogP contribution in [0.1, 0.15) is 19.7 Å². The van der Waals surface area contributed by atoms with Gasteiger partial charge in [0.1, 0.15) is 21.8 Å². The van der Waals surface area contributed by atoms with E-state index < -0.39 is 4.87 Å². The maximum absolute atomic E-state index is 13.4. The van der Waals surface area contributed by atoms with Gasteiger partial charge < -0.3 is 20.2 Å². The molecule has 0 fully saturated rings. The number of aromatic amines is 2. The molecule has 11 nitrogen and oxygen atoms in total. The van der Waals surface area contributed by atoms with Crippen LogP contribution in [0.2, 0.25) is 0 Å². The lowest BCUT2D eigenvalue weighted by Crippen LogP contribution is -2.37. The van der Waals surface area contributed by atoms with Gasteiger partial charge in [0, 0.05) is 39.7 Å². The lowest BCUT2D eigenvalue weighted by atomic mass is 10.0. The van der Waals surface area contributed by atoms with E-state index in [2.05, 4.69) is 40.3 Å². The Morgan fingerprint density at radius 2 is 1.89 bits per heavy atom. The Morgan fingerprint density at radius 3 is 2.57 bits per heavy atom. The molecule has 0 radical (unpaired) electrons. The van der Waals surface area contributed by atoms with Crippen LogP contribution in [0.5, 0.6) is 0 Å². The lowest BCUT2D eigenvalue weighted by molar-refractivity contribution is 0.478. The van der Waals surface area contributed by atoms with Crippen LogP contribution in [-0.2, 0) is 11.9 Å². The molecule has 0 aromatic carbocycles. The smallest absolute Gasteiger partial charge is 0.261 e. The van der Waals surface area contributed by atoms with E-state index in [0.717, 1.165) is 5.69 Å². The highest BCUT2D eigenvalue weighted by Crippen LogP contribution is 2.39. The fourth-order valence-corrected chi connectivity index (χ4v) is 4.15. The number of anilines is 2. The Hall–Kier alpha value is -3.93. The standard InChI is InChI=1S/C23H26N10OS/c1-12(2)23(35,22-24-7-6-8-25-22)30-18-16(21(34)28-15-11-33(5)31-17(15)18)20-27-14-9-13(32(3)4)10-26-19(14)29-20/h6-12,30,35H,1-5H3,(H,28,34)(H,26,27,29)/t23-/m0/s1. The Kier molecular flexibility index (Phi) is 5.47. The van der Waals surface area contributed by atoms with Gasteiger partial charge in [-0.1, -0.05) is 13.8 Å². The van der Waals surface area contributed by atoms with Gasteiger partial charge >= 0.3 is 0 Å². The summed E-state index contributed by atoms with van der Waals surface area (Å²) in [6, 6.07) is 3.69. The molecule has 0 saturated heterocycles. The van der Waals surface area contributed by atoms with Crippen molar-refractivity contribution in [2.75, 3.05) is 24.3 Å². The zero-order chi connectivity index (χ0) is 24.9. The first-order chi connectivity index (χ1) is 16.7. The normalized spacial score (nSPS) is 13.5. The van der Waals surface area contributed by atoms with Crippen LogP contribution >= 0.6 is 12.6 Å². The number of fused-ring (bicyclic) bond motifs is 2. The molecule has 5 aromatic rings. The van der Waals surface area contributed by atoms with Gasteiger partial charge in [-0.05, 0) is 18.1 Å². The van der Waals surface area contributed by atoms with Crippen molar-refractivity contribution in [3.63, 3.8) is 0 Å². The summed E-state index contributed by atoms with van der Waals surface area (Å²) in [5.74, 6) is 0.794. The van der Waals surface area contributed by atoms with Crippen LogP contribution in [0.3, 0.4) is 0 Å². The summed E-state index contributed by atoms with van der Waals surface area (Å²) in [5, 5.41) is 8.08. The van der Waals surface area contributed by atoms with Crippen LogP contribution in [0, 0.1) is 5.92 Å². The van der Waals surface area contributed by atoms with Gasteiger partial charge in [0.15, 0.2) is 11.5 Å². The molecule has 35 heavy (non-hydrogen) atoms. The number of nitrogens with zero attached hydrogens (tertiary/aromatic N) is 7. The lowest BCUT2D eigenvalue weighted by Gasteiger charge is -2.33. The molecule has 0 bridgehead atoms. The third-order valence-electron chi connectivity index (χ3n) is 5.92. The second-order valence-corrected chi connectivity index (χ2v) is 9.64. The van der Waals surface area contributed by atoms with Crippen molar-refractivity contribution in [3.8, 4) is 11.4 Å². The summed E-state index contributed by atoms with van der Waals surface area (Å²) in [4.78, 5) is 38.5. The van der Waals surface area contributed by atoms with E-state index in [1.165, 1.54) is 0 Å². The number of rotatable bonds is 6. The minimum Gasteiger partial charge on any atom is -0.376 e. The van der Waals surface area contributed by atoms with Crippen LogP contribution < -0.4 is 15.8 Å². The first-order valence-corrected chi connectivity index (χ1v) is 11.5. The summed E-state index contributed by atoms with van der Waals surface area (Å²) in [7, 11) is 5.67. The fourth-order valence-electron chi connectivity index (χ4n) is 3.93. The molecular formula is C23H26N10OS. The van der Waals surface area contributed by atoms with E-state index in [4.69, 9.17) is 12.6 Å². The van der Waals surface area contributed by atoms with Crippen molar-refractivity contribution in [2.45, 2.75) is 18.7 Å². The van der Waals surface area contributed by atoms with Crippen LogP contribution in [0.25, 0.3) is 33.6 Å². The fraction of sp³-hybridized carbons (Fsp3) is 0.304. The molecule has 5 heterocycles. The number of nitrogens with one attached hydrogen (secondary N) is 3. The zero-order valence-corrected chi connectivity index (χ0v) is 20.9. The van der Waals surface area contributed by atoms with E-state index in [9.17, 15) is 4.79 Å². The van der Waals surface area contributed by atoms with Gasteiger partial charge in [0.05, 0.1) is 28.6 Å². The van der Waals surface area contributed by atoms with Crippen molar-refractivity contribution in [2.24, 2.45) is 13.0 Å². The van der Waals surface area contributed by atoms with Gasteiger partial charge in [0.2, 0.25) is 0 Å². The van der Waals surface area contributed by atoms with E-state index >= 15 is 0 Å². The molecule has 0 aliphatic carbocycles. The minimum atomic E-state index is -1.00. The zero-order valence-electron chi connectivity index (χ0n) is 20.0. The number of imidazole rings is 1. The van der Waals surface area contributed by atoms with Gasteiger partial charge in [-0.25, -0.2) is 19.9 Å². The van der Waals surface area contributed by atoms with E-state index in [-0.39, 0.29) is 11.5 Å². The highest BCUT2D eigenvalue weighted by molar-refractivity contribution is 7.81. The summed E-state index contributed by atoms with van der Waals surface area (Å²) in [6.07, 6.45) is 6.83. The van der Waals surface area contributed by atoms with Crippen molar-refractivity contribution in [3.05, 3.63) is 53.1 Å². The predicted octanol–water partition coefficient (Wildman–Crippen LogP) is 2.91. The van der Waals surface area contributed by atoms with Gasteiger partial charge in [-0.3, -0.25) is 9.48 Å². The van der Waals surface area contributed by atoms with Gasteiger partial charge in [-0.15, -0.1) is 12.6 Å². The third kappa shape index (κ3) is 3.89. The molecule has 1 atom stereocenters. The first-order valence-electron chi connectivity index (χ1n) is 11.1. The van der Waals surface area contributed by atoms with Gasteiger partial charge in [-0.2, -0.15) is 5.10 Å². The average Bonchev–Trinajstić information content (AvgIpc) is 3.41. The van der Waals surface area contributed by atoms with Crippen LogP contribution in [-0.4, -0.2) is 53.8 Å². The van der Waals surface area contributed by atoms with Crippen LogP contribution in [0.4, 0.5) is 11.4 Å². The molecule has 0 spiro atoms. The van der Waals surface area contributed by atoms with Gasteiger partial charge in [0.25, 0.3) is 5.56 Å². The SMILES string of the molecule is CC(C)[C@@](S)(Nc1c(-c2nc3ncc(N(C)C)cc3[nH]2)c(=O)[nH]c2cn(C)nc12)c1ncccn1. The molecule has 180 valence electrons. The summed E-state index contributed by atoms with van der Waals surface area (Å²) in [5.41, 5.74) is 3.74.